The first-order chi connectivity index (χ1) is 11.2. The topological polar surface area (TPSA) is 41.9 Å². The van der Waals surface area contributed by atoms with Gasteiger partial charge in [-0.25, -0.2) is 0 Å². The third-order valence-corrected chi connectivity index (χ3v) is 5.36. The Morgan fingerprint density at radius 1 is 1.17 bits per heavy atom. The van der Waals surface area contributed by atoms with Crippen LogP contribution in [0.25, 0.3) is 0 Å². The summed E-state index contributed by atoms with van der Waals surface area (Å²) in [4.78, 5) is 2.46. The molecule has 1 heterocycles. The van der Waals surface area contributed by atoms with E-state index in [0.717, 1.165) is 37.6 Å². The molecule has 1 saturated carbocycles. The smallest absolute Gasteiger partial charge is 0.161 e. The highest BCUT2D eigenvalue weighted by molar-refractivity contribution is 5.39. The van der Waals surface area contributed by atoms with Crippen molar-refractivity contribution in [3.8, 4) is 11.5 Å². The van der Waals surface area contributed by atoms with E-state index < -0.39 is 0 Å². The van der Waals surface area contributed by atoms with E-state index in [1.54, 1.807) is 0 Å². The minimum Gasteiger partial charge on any atom is -0.490 e. The summed E-state index contributed by atoms with van der Waals surface area (Å²) in [5.74, 6) is 1.64. The summed E-state index contributed by atoms with van der Waals surface area (Å²) in [6.45, 7) is 6.34. The van der Waals surface area contributed by atoms with Crippen LogP contribution < -0.4 is 9.47 Å². The molecule has 4 heteroatoms. The van der Waals surface area contributed by atoms with Crippen LogP contribution in [0.2, 0.25) is 0 Å². The van der Waals surface area contributed by atoms with Crippen LogP contribution in [0.4, 0.5) is 0 Å². The van der Waals surface area contributed by atoms with E-state index in [0.29, 0.717) is 13.2 Å². The Bertz CT molecular complexity index is 507. The zero-order chi connectivity index (χ0) is 16.1. The number of likely N-dealkylation sites (tertiary alicyclic amines) is 1. The van der Waals surface area contributed by atoms with Crippen molar-refractivity contribution in [1.29, 1.82) is 0 Å². The van der Waals surface area contributed by atoms with Gasteiger partial charge in [0.2, 0.25) is 0 Å². The highest BCUT2D eigenvalue weighted by Gasteiger charge is 2.44. The number of benzene rings is 1. The predicted octanol–water partition coefficient (Wildman–Crippen LogP) is 3.09. The highest BCUT2D eigenvalue weighted by atomic mass is 16.5. The predicted molar refractivity (Wildman–Crippen MR) is 91.1 cm³/mol. The molecule has 128 valence electrons. The number of aliphatic hydroxyl groups excluding tert-OH is 1. The monoisotopic (exact) mass is 319 g/mol. The van der Waals surface area contributed by atoms with Gasteiger partial charge in [0.15, 0.2) is 11.5 Å². The molecule has 3 rings (SSSR count). The molecule has 0 unspecified atom stereocenters. The summed E-state index contributed by atoms with van der Waals surface area (Å²) in [7, 11) is 0. The number of hydrogen-bond donors (Lipinski definition) is 1. The number of nitrogens with zero attached hydrogens (tertiary/aromatic N) is 1. The first-order valence-electron chi connectivity index (χ1n) is 8.98. The van der Waals surface area contributed by atoms with Gasteiger partial charge in [0.1, 0.15) is 6.61 Å². The minimum atomic E-state index is -0.107. The van der Waals surface area contributed by atoms with Gasteiger partial charge < -0.3 is 14.6 Å². The standard InChI is InChI=1S/C19H29NO3/c1-2-22-16-7-3-4-8-17(16)23-14-13-20-12-6-11-19(15-20)10-5-9-18(19)21/h3-4,7-8,18,21H,2,5-6,9-15H2,1H3/t18-,19-/m1/s1. The summed E-state index contributed by atoms with van der Waals surface area (Å²) in [5, 5.41) is 10.3. The van der Waals surface area contributed by atoms with Crippen molar-refractivity contribution < 1.29 is 14.6 Å². The molecule has 1 saturated heterocycles. The number of rotatable bonds is 6. The van der Waals surface area contributed by atoms with E-state index in [-0.39, 0.29) is 11.5 Å². The van der Waals surface area contributed by atoms with Crippen molar-refractivity contribution in [2.75, 3.05) is 32.8 Å². The molecule has 2 fully saturated rings. The highest BCUT2D eigenvalue weighted by Crippen LogP contribution is 2.44. The maximum absolute atomic E-state index is 10.3. The fourth-order valence-corrected chi connectivity index (χ4v) is 4.17. The Morgan fingerprint density at radius 3 is 2.61 bits per heavy atom. The molecule has 1 N–H and O–H groups in total. The first kappa shape index (κ1) is 16.6. The molecule has 4 nitrogen and oxygen atoms in total. The average molecular weight is 319 g/mol. The van der Waals surface area contributed by atoms with Gasteiger partial charge in [-0.3, -0.25) is 4.90 Å². The van der Waals surface area contributed by atoms with Crippen LogP contribution in [0.15, 0.2) is 24.3 Å². The SMILES string of the molecule is CCOc1ccccc1OCCN1CCC[C@]2(CCC[C@H]2O)C1. The van der Waals surface area contributed by atoms with Gasteiger partial charge in [-0.1, -0.05) is 18.6 Å². The molecule has 0 amide bonds. The minimum absolute atomic E-state index is 0.107. The second-order valence-corrected chi connectivity index (χ2v) is 6.88. The van der Waals surface area contributed by atoms with E-state index in [2.05, 4.69) is 4.90 Å². The lowest BCUT2D eigenvalue weighted by Gasteiger charge is -2.42. The van der Waals surface area contributed by atoms with Gasteiger partial charge in [-0.05, 0) is 51.3 Å². The molecule has 2 aliphatic rings. The maximum atomic E-state index is 10.3. The Labute approximate surface area is 139 Å². The van der Waals surface area contributed by atoms with Crippen molar-refractivity contribution in [1.82, 2.24) is 4.90 Å². The third kappa shape index (κ3) is 3.81. The summed E-state index contributed by atoms with van der Waals surface area (Å²) in [6.07, 6.45) is 5.59. The first-order valence-corrected chi connectivity index (χ1v) is 8.98. The molecule has 0 radical (unpaired) electrons. The van der Waals surface area contributed by atoms with Crippen molar-refractivity contribution >= 4 is 0 Å². The lowest BCUT2D eigenvalue weighted by Crippen LogP contribution is -2.48. The zero-order valence-corrected chi connectivity index (χ0v) is 14.2. The van der Waals surface area contributed by atoms with Crippen LogP contribution in [-0.2, 0) is 0 Å². The molecule has 1 aromatic rings. The quantitative estimate of drug-likeness (QED) is 0.875. The number of para-hydroxylation sites is 2. The lowest BCUT2D eigenvalue weighted by molar-refractivity contribution is -0.0124. The van der Waals surface area contributed by atoms with E-state index in [4.69, 9.17) is 9.47 Å². The number of aliphatic hydroxyl groups is 1. The van der Waals surface area contributed by atoms with Gasteiger partial charge in [-0.15, -0.1) is 0 Å². The number of hydrogen-bond acceptors (Lipinski definition) is 4. The molecule has 1 aromatic carbocycles. The normalized spacial score (nSPS) is 28.2. The van der Waals surface area contributed by atoms with Crippen molar-refractivity contribution in [2.24, 2.45) is 5.41 Å². The van der Waals surface area contributed by atoms with Crippen molar-refractivity contribution in [3.05, 3.63) is 24.3 Å². The zero-order valence-electron chi connectivity index (χ0n) is 14.2. The van der Waals surface area contributed by atoms with E-state index in [9.17, 15) is 5.11 Å². The Balaban J connectivity index is 1.51. The maximum Gasteiger partial charge on any atom is 0.161 e. The van der Waals surface area contributed by atoms with Gasteiger partial charge in [-0.2, -0.15) is 0 Å². The molecule has 1 aliphatic heterocycles. The number of piperidine rings is 1. The molecule has 2 atom stereocenters. The fourth-order valence-electron chi connectivity index (χ4n) is 4.17. The van der Waals surface area contributed by atoms with Crippen LogP contribution in [-0.4, -0.2) is 49.0 Å². The molecular weight excluding hydrogens is 290 g/mol. The van der Waals surface area contributed by atoms with Crippen LogP contribution in [0.1, 0.15) is 39.0 Å². The molecule has 0 bridgehead atoms. The molecule has 1 aliphatic carbocycles. The molecule has 0 aromatic heterocycles. The van der Waals surface area contributed by atoms with E-state index in [1.165, 1.54) is 25.7 Å². The largest absolute Gasteiger partial charge is 0.490 e. The fraction of sp³-hybridized carbons (Fsp3) is 0.684. The van der Waals surface area contributed by atoms with Crippen LogP contribution in [0.5, 0.6) is 11.5 Å². The van der Waals surface area contributed by atoms with Crippen molar-refractivity contribution in [3.63, 3.8) is 0 Å². The van der Waals surface area contributed by atoms with Crippen LogP contribution in [0.3, 0.4) is 0 Å². The van der Waals surface area contributed by atoms with Crippen LogP contribution >= 0.6 is 0 Å². The Kier molecular flexibility index (Phi) is 5.44. The van der Waals surface area contributed by atoms with Gasteiger partial charge in [0.25, 0.3) is 0 Å². The van der Waals surface area contributed by atoms with Gasteiger partial charge in [0, 0.05) is 18.5 Å². The van der Waals surface area contributed by atoms with E-state index in [1.807, 2.05) is 31.2 Å². The summed E-state index contributed by atoms with van der Waals surface area (Å²) in [5.41, 5.74) is 0.154. The Morgan fingerprint density at radius 2 is 1.91 bits per heavy atom. The summed E-state index contributed by atoms with van der Waals surface area (Å²) < 4.78 is 11.5. The van der Waals surface area contributed by atoms with E-state index >= 15 is 0 Å². The summed E-state index contributed by atoms with van der Waals surface area (Å²) >= 11 is 0. The number of ether oxygens (including phenoxy) is 2. The molecule has 23 heavy (non-hydrogen) atoms. The van der Waals surface area contributed by atoms with Crippen molar-refractivity contribution in [2.45, 2.75) is 45.1 Å². The lowest BCUT2D eigenvalue weighted by atomic mass is 9.77. The van der Waals surface area contributed by atoms with Gasteiger partial charge >= 0.3 is 0 Å². The van der Waals surface area contributed by atoms with Gasteiger partial charge in [0.05, 0.1) is 12.7 Å². The summed E-state index contributed by atoms with van der Waals surface area (Å²) in [6, 6.07) is 7.85. The second-order valence-electron chi connectivity index (χ2n) is 6.88. The molecule has 1 spiro atoms. The second kappa shape index (κ2) is 7.54. The third-order valence-electron chi connectivity index (χ3n) is 5.36. The Hall–Kier alpha value is -1.26. The van der Waals surface area contributed by atoms with Crippen LogP contribution in [0, 0.1) is 5.41 Å². The average Bonchev–Trinajstić information content (AvgIpc) is 2.90. The molecular formula is C19H29NO3.